The number of piperidine rings is 1. The van der Waals surface area contributed by atoms with Crippen LogP contribution in [0.5, 0.6) is 11.6 Å². The molecule has 198 valence electrons. The van der Waals surface area contributed by atoms with E-state index < -0.39 is 5.76 Å². The van der Waals surface area contributed by atoms with Crippen LogP contribution in [0.1, 0.15) is 42.7 Å². The summed E-state index contributed by atoms with van der Waals surface area (Å²) < 4.78 is 16.7. The Bertz CT molecular complexity index is 1440. The number of aromatic amines is 1. The number of carbonyl (C=O) groups excluding carboxylic acids is 1. The number of hydrogen-bond donors (Lipinski definition) is 2. The topological polar surface area (TPSA) is 126 Å². The molecule has 0 bridgehead atoms. The van der Waals surface area contributed by atoms with Crippen LogP contribution >= 0.6 is 0 Å². The summed E-state index contributed by atoms with van der Waals surface area (Å²) in [5, 5.41) is 3.07. The molecule has 1 unspecified atom stereocenters. The van der Waals surface area contributed by atoms with Crippen LogP contribution < -0.4 is 25.4 Å². The minimum Gasteiger partial charge on any atom is -0.497 e. The molecular formula is C27H30N6O5. The summed E-state index contributed by atoms with van der Waals surface area (Å²) >= 11 is 0. The molecule has 1 saturated heterocycles. The van der Waals surface area contributed by atoms with Crippen molar-refractivity contribution >= 4 is 17.5 Å². The van der Waals surface area contributed by atoms with Gasteiger partial charge in [-0.2, -0.15) is 0 Å². The van der Waals surface area contributed by atoms with E-state index in [4.69, 9.17) is 13.9 Å². The Morgan fingerprint density at radius 3 is 2.76 bits per heavy atom. The van der Waals surface area contributed by atoms with Gasteiger partial charge in [-0.15, -0.1) is 0 Å². The maximum absolute atomic E-state index is 13.0. The Morgan fingerprint density at radius 2 is 1.95 bits per heavy atom. The molecule has 3 aromatic rings. The molecule has 1 fully saturated rings. The average Bonchev–Trinajstić information content (AvgIpc) is 3.22. The molecule has 38 heavy (non-hydrogen) atoms. The third-order valence-corrected chi connectivity index (χ3v) is 7.51. The third-order valence-electron chi connectivity index (χ3n) is 7.51. The van der Waals surface area contributed by atoms with Gasteiger partial charge in [0.15, 0.2) is 0 Å². The van der Waals surface area contributed by atoms with Crippen LogP contribution in [-0.2, 0) is 12.8 Å². The highest BCUT2D eigenvalue weighted by Gasteiger charge is 2.31. The van der Waals surface area contributed by atoms with Crippen molar-refractivity contribution in [2.45, 2.75) is 44.6 Å². The van der Waals surface area contributed by atoms with Crippen molar-refractivity contribution in [1.29, 1.82) is 0 Å². The molecule has 1 aliphatic carbocycles. The lowest BCUT2D eigenvalue weighted by molar-refractivity contribution is 0.177. The number of H-pyrrole nitrogens is 1. The smallest absolute Gasteiger partial charge is 0.416 e. The number of fused-ring (bicyclic) bond motifs is 2. The molecule has 3 aliphatic rings. The van der Waals surface area contributed by atoms with Gasteiger partial charge in [-0.1, -0.05) is 6.92 Å². The first-order valence-corrected chi connectivity index (χ1v) is 12.9. The van der Waals surface area contributed by atoms with Crippen molar-refractivity contribution in [1.82, 2.24) is 19.9 Å². The van der Waals surface area contributed by atoms with Gasteiger partial charge in [0.2, 0.25) is 5.88 Å². The fourth-order valence-electron chi connectivity index (χ4n) is 5.52. The number of benzene rings is 1. The van der Waals surface area contributed by atoms with E-state index in [-0.39, 0.29) is 18.0 Å². The van der Waals surface area contributed by atoms with E-state index in [1.165, 1.54) is 6.33 Å². The minimum absolute atomic E-state index is 0.0217. The molecule has 2 amide bonds. The first-order chi connectivity index (χ1) is 18.5. The van der Waals surface area contributed by atoms with Crippen LogP contribution in [0.3, 0.4) is 0 Å². The number of amides is 2. The van der Waals surface area contributed by atoms with E-state index in [9.17, 15) is 9.59 Å². The molecule has 1 atom stereocenters. The van der Waals surface area contributed by atoms with E-state index in [1.807, 2.05) is 42.2 Å². The van der Waals surface area contributed by atoms with Crippen molar-refractivity contribution < 1.29 is 18.7 Å². The Labute approximate surface area is 219 Å². The molecule has 11 nitrogen and oxygen atoms in total. The van der Waals surface area contributed by atoms with Gasteiger partial charge in [-0.25, -0.2) is 19.6 Å². The van der Waals surface area contributed by atoms with Crippen LogP contribution in [0.25, 0.3) is 0 Å². The molecule has 2 aromatic heterocycles. The van der Waals surface area contributed by atoms with Crippen LogP contribution in [0.15, 0.2) is 51.6 Å². The second-order valence-electron chi connectivity index (χ2n) is 9.88. The maximum atomic E-state index is 13.0. The number of nitrogens with one attached hydrogen (secondary N) is 2. The lowest BCUT2D eigenvalue weighted by Gasteiger charge is -2.38. The first kappa shape index (κ1) is 24.1. The summed E-state index contributed by atoms with van der Waals surface area (Å²) in [5.74, 6) is 2.82. The predicted octanol–water partition coefficient (Wildman–Crippen LogP) is 3.45. The van der Waals surface area contributed by atoms with Crippen molar-refractivity contribution in [2.24, 2.45) is 0 Å². The predicted molar refractivity (Wildman–Crippen MR) is 140 cm³/mol. The van der Waals surface area contributed by atoms with E-state index in [2.05, 4.69) is 25.2 Å². The lowest BCUT2D eigenvalue weighted by Crippen LogP contribution is -2.49. The summed E-state index contributed by atoms with van der Waals surface area (Å²) in [7, 11) is 1.65. The molecule has 1 aromatic carbocycles. The van der Waals surface area contributed by atoms with Crippen molar-refractivity contribution in [3.63, 3.8) is 0 Å². The van der Waals surface area contributed by atoms with E-state index in [1.54, 1.807) is 7.11 Å². The van der Waals surface area contributed by atoms with E-state index in [0.717, 1.165) is 60.9 Å². The highest BCUT2D eigenvalue weighted by atomic mass is 16.5. The number of hydrogen-bond acceptors (Lipinski definition) is 8. The molecule has 2 N–H and O–H groups in total. The van der Waals surface area contributed by atoms with Crippen molar-refractivity contribution in [3.8, 4) is 11.6 Å². The quantitative estimate of drug-likeness (QED) is 0.526. The number of urea groups is 1. The zero-order valence-electron chi connectivity index (χ0n) is 21.4. The van der Waals surface area contributed by atoms with Gasteiger partial charge < -0.3 is 29.0 Å². The van der Waals surface area contributed by atoms with Crippen molar-refractivity contribution in [2.75, 3.05) is 37.0 Å². The highest BCUT2D eigenvalue weighted by molar-refractivity contribution is 5.91. The number of rotatable bonds is 5. The fourth-order valence-corrected chi connectivity index (χ4v) is 5.52. The van der Waals surface area contributed by atoms with Gasteiger partial charge in [0.1, 0.15) is 29.4 Å². The molecule has 0 spiro atoms. The Morgan fingerprint density at radius 1 is 1.11 bits per heavy atom. The van der Waals surface area contributed by atoms with Gasteiger partial charge >= 0.3 is 11.8 Å². The SMILES string of the molecule is COc1ccc2c(c1)CCN(C1CCN(c3cc(OC4=CC(C)c5[nH]c(=O)oc5C4)ncn3)CC1)C(=O)N2. The molecule has 11 heteroatoms. The zero-order valence-corrected chi connectivity index (χ0v) is 21.4. The van der Waals surface area contributed by atoms with E-state index >= 15 is 0 Å². The molecule has 6 rings (SSSR count). The number of nitrogens with zero attached hydrogens (tertiary/aromatic N) is 4. The average molecular weight is 519 g/mol. The number of oxazole rings is 1. The maximum Gasteiger partial charge on any atom is 0.416 e. The number of anilines is 2. The van der Waals surface area contributed by atoms with Crippen molar-refractivity contribution in [3.05, 3.63) is 70.0 Å². The molecule has 2 aliphatic heterocycles. The number of allylic oxidation sites excluding steroid dienone is 2. The highest BCUT2D eigenvalue weighted by Crippen LogP contribution is 2.31. The standard InChI is InChI=1S/C27H30N6O5/c1-16-11-20(13-22-25(16)31-27(35)38-22)37-24-14-23(28-15-29-24)32-8-6-18(7-9-32)33-10-5-17-12-19(36-2)3-4-21(17)30-26(33)34/h3-4,11-12,14-16,18H,5-10,13H2,1-2H3,(H,30,34)(H,31,35). The summed E-state index contributed by atoms with van der Waals surface area (Å²) in [5.41, 5.74) is 2.72. The lowest BCUT2D eigenvalue weighted by atomic mass is 9.98. The van der Waals surface area contributed by atoms with E-state index in [0.29, 0.717) is 30.4 Å². The third kappa shape index (κ3) is 4.71. The molecule has 4 heterocycles. The molecule has 0 radical (unpaired) electrons. The monoisotopic (exact) mass is 518 g/mol. The second kappa shape index (κ2) is 9.88. The Balaban J connectivity index is 1.08. The van der Waals surface area contributed by atoms with Gasteiger partial charge in [-0.05, 0) is 49.1 Å². The number of carbonyl (C=O) groups is 1. The van der Waals surface area contributed by atoms with Gasteiger partial charge in [0, 0.05) is 43.3 Å². The summed E-state index contributed by atoms with van der Waals surface area (Å²) in [6.45, 7) is 4.17. The van der Waals surface area contributed by atoms with Gasteiger partial charge in [0.25, 0.3) is 0 Å². The summed E-state index contributed by atoms with van der Waals surface area (Å²) in [6.07, 6.45) is 6.30. The summed E-state index contributed by atoms with van der Waals surface area (Å²) in [6, 6.07) is 7.70. The zero-order chi connectivity index (χ0) is 26.2. The Hall–Kier alpha value is -4.28. The number of aromatic nitrogens is 3. The normalized spacial score (nSPS) is 19.7. The number of methoxy groups -OCH3 is 1. The molecular weight excluding hydrogens is 488 g/mol. The second-order valence-corrected chi connectivity index (χ2v) is 9.88. The van der Waals surface area contributed by atoms with Crippen LogP contribution in [-0.4, -0.2) is 58.7 Å². The van der Waals surface area contributed by atoms with Crippen LogP contribution in [0.2, 0.25) is 0 Å². The first-order valence-electron chi connectivity index (χ1n) is 12.9. The van der Waals surface area contributed by atoms with Gasteiger partial charge in [-0.3, -0.25) is 4.98 Å². The summed E-state index contributed by atoms with van der Waals surface area (Å²) in [4.78, 5) is 40.2. The largest absolute Gasteiger partial charge is 0.497 e. The molecule has 0 saturated carbocycles. The van der Waals surface area contributed by atoms with Crippen LogP contribution in [0.4, 0.5) is 16.3 Å². The van der Waals surface area contributed by atoms with Crippen LogP contribution in [0, 0.1) is 0 Å². The minimum atomic E-state index is -0.452. The number of ether oxygens (including phenoxy) is 2. The van der Waals surface area contributed by atoms with Gasteiger partial charge in [0.05, 0.1) is 19.2 Å². The fraction of sp³-hybridized carbons (Fsp3) is 0.407. The Kier molecular flexibility index (Phi) is 6.26.